The van der Waals surface area contributed by atoms with Gasteiger partial charge in [-0.05, 0) is 51.8 Å². The fourth-order valence-corrected chi connectivity index (χ4v) is 4.57. The summed E-state index contributed by atoms with van der Waals surface area (Å²) in [6.07, 6.45) is -2.82. The van der Waals surface area contributed by atoms with Crippen molar-refractivity contribution in [2.45, 2.75) is 11.1 Å². The number of amides is 1. The topological polar surface area (TPSA) is 59.3 Å². The molecule has 3 heterocycles. The predicted octanol–water partition coefficient (Wildman–Crippen LogP) is 6.21. The molecule has 0 fully saturated rings. The standard InChI is InChI=1S/C19H12BrF3N4OS2/c1-29-12-6-3-2-5-10(12)25-18(28)16-15(20)17-24-11(13-7-4-8-30-13)9-14(19(21,22)23)27(17)26-16/h2-9H,1H3,(H,25,28). The molecular formula is C19H12BrF3N4OS2. The molecule has 3 aromatic heterocycles. The molecule has 4 rings (SSSR count). The third-order valence-corrected chi connectivity index (χ3v) is 6.59. The molecule has 5 nitrogen and oxygen atoms in total. The van der Waals surface area contributed by atoms with E-state index >= 15 is 0 Å². The Morgan fingerprint density at radius 3 is 2.67 bits per heavy atom. The molecule has 0 saturated carbocycles. The van der Waals surface area contributed by atoms with Crippen molar-refractivity contribution in [1.82, 2.24) is 14.6 Å². The van der Waals surface area contributed by atoms with Crippen molar-refractivity contribution in [3.63, 3.8) is 0 Å². The number of fused-ring (bicyclic) bond motifs is 1. The second-order valence-corrected chi connectivity index (χ2v) is 8.64. The van der Waals surface area contributed by atoms with Crippen molar-refractivity contribution >= 4 is 56.3 Å². The number of alkyl halides is 3. The third kappa shape index (κ3) is 3.84. The summed E-state index contributed by atoms with van der Waals surface area (Å²) in [5.74, 6) is -0.639. The zero-order valence-electron chi connectivity index (χ0n) is 15.2. The summed E-state index contributed by atoms with van der Waals surface area (Å²) in [6.45, 7) is 0. The molecule has 154 valence electrons. The van der Waals surface area contributed by atoms with Crippen molar-refractivity contribution in [3.8, 4) is 10.6 Å². The van der Waals surface area contributed by atoms with Crippen LogP contribution >= 0.6 is 39.0 Å². The summed E-state index contributed by atoms with van der Waals surface area (Å²) in [5, 5.41) is 8.38. The van der Waals surface area contributed by atoms with Gasteiger partial charge in [-0.15, -0.1) is 23.1 Å². The number of thiophene rings is 1. The number of benzene rings is 1. The average molecular weight is 513 g/mol. The van der Waals surface area contributed by atoms with E-state index < -0.39 is 17.8 Å². The van der Waals surface area contributed by atoms with Gasteiger partial charge in [0.2, 0.25) is 0 Å². The maximum Gasteiger partial charge on any atom is 0.433 e. The minimum Gasteiger partial charge on any atom is -0.320 e. The summed E-state index contributed by atoms with van der Waals surface area (Å²) in [7, 11) is 0. The van der Waals surface area contributed by atoms with E-state index in [0.717, 1.165) is 11.0 Å². The van der Waals surface area contributed by atoms with Crippen LogP contribution in [0, 0.1) is 0 Å². The van der Waals surface area contributed by atoms with Crippen LogP contribution in [0.5, 0.6) is 0 Å². The molecule has 0 spiro atoms. The van der Waals surface area contributed by atoms with Gasteiger partial charge in [0.05, 0.1) is 20.7 Å². The normalized spacial score (nSPS) is 11.8. The van der Waals surface area contributed by atoms with Crippen molar-refractivity contribution in [2.24, 2.45) is 0 Å². The number of para-hydroxylation sites is 1. The fraction of sp³-hybridized carbons (Fsp3) is 0.105. The lowest BCUT2D eigenvalue weighted by molar-refractivity contribution is -0.142. The Labute approximate surface area is 185 Å². The Morgan fingerprint density at radius 1 is 1.23 bits per heavy atom. The van der Waals surface area contributed by atoms with Gasteiger partial charge in [0.1, 0.15) is 0 Å². The summed E-state index contributed by atoms with van der Waals surface area (Å²) >= 11 is 5.93. The quantitative estimate of drug-likeness (QED) is 0.330. The average Bonchev–Trinajstić information content (AvgIpc) is 3.35. The van der Waals surface area contributed by atoms with Crippen molar-refractivity contribution < 1.29 is 18.0 Å². The maximum atomic E-state index is 13.7. The second-order valence-electron chi connectivity index (χ2n) is 6.05. The number of nitrogens with zero attached hydrogens (tertiary/aromatic N) is 3. The zero-order chi connectivity index (χ0) is 21.5. The van der Waals surface area contributed by atoms with E-state index in [1.807, 2.05) is 18.4 Å². The fourth-order valence-electron chi connectivity index (χ4n) is 2.82. The monoisotopic (exact) mass is 512 g/mol. The largest absolute Gasteiger partial charge is 0.433 e. The van der Waals surface area contributed by atoms with Gasteiger partial charge in [0.15, 0.2) is 17.0 Å². The smallest absolute Gasteiger partial charge is 0.320 e. The first-order valence-corrected chi connectivity index (χ1v) is 11.3. The number of rotatable bonds is 4. The molecule has 0 saturated heterocycles. The van der Waals surface area contributed by atoms with Crippen LogP contribution in [0.2, 0.25) is 0 Å². The van der Waals surface area contributed by atoms with Gasteiger partial charge >= 0.3 is 6.18 Å². The molecule has 30 heavy (non-hydrogen) atoms. The number of anilines is 1. The van der Waals surface area contributed by atoms with E-state index in [0.29, 0.717) is 15.1 Å². The Morgan fingerprint density at radius 2 is 2.00 bits per heavy atom. The van der Waals surface area contributed by atoms with Gasteiger partial charge in [0, 0.05) is 4.90 Å². The Bertz CT molecular complexity index is 1240. The van der Waals surface area contributed by atoms with Crippen LogP contribution in [0.3, 0.4) is 0 Å². The molecule has 4 aromatic rings. The first-order chi connectivity index (χ1) is 14.3. The van der Waals surface area contributed by atoms with Crippen molar-refractivity contribution in [2.75, 3.05) is 11.6 Å². The first kappa shape index (κ1) is 20.9. The Balaban J connectivity index is 1.84. The summed E-state index contributed by atoms with van der Waals surface area (Å²) < 4.78 is 41.9. The summed E-state index contributed by atoms with van der Waals surface area (Å²) in [4.78, 5) is 18.5. The third-order valence-electron chi connectivity index (χ3n) is 4.17. The molecular weight excluding hydrogens is 501 g/mol. The number of thioether (sulfide) groups is 1. The van der Waals surface area contributed by atoms with Crippen LogP contribution in [0.15, 0.2) is 57.2 Å². The van der Waals surface area contributed by atoms with Gasteiger partial charge in [-0.3, -0.25) is 4.79 Å². The number of nitrogens with one attached hydrogen (secondary N) is 1. The number of aromatic nitrogens is 3. The van der Waals surface area contributed by atoms with Crippen LogP contribution in [-0.4, -0.2) is 26.8 Å². The van der Waals surface area contributed by atoms with Crippen LogP contribution in [0.1, 0.15) is 16.2 Å². The van der Waals surface area contributed by atoms with Crippen LogP contribution in [0.4, 0.5) is 18.9 Å². The minimum absolute atomic E-state index is 0.0865. The molecule has 1 N–H and O–H groups in total. The predicted molar refractivity (Wildman–Crippen MR) is 115 cm³/mol. The van der Waals surface area contributed by atoms with E-state index in [4.69, 9.17) is 0 Å². The maximum absolute atomic E-state index is 13.7. The highest BCUT2D eigenvalue weighted by Gasteiger charge is 2.36. The SMILES string of the molecule is CSc1ccccc1NC(=O)c1nn2c(C(F)(F)F)cc(-c3cccs3)nc2c1Br. The summed E-state index contributed by atoms with van der Waals surface area (Å²) in [6, 6.07) is 11.5. The lowest BCUT2D eigenvalue weighted by atomic mass is 10.2. The highest BCUT2D eigenvalue weighted by molar-refractivity contribution is 9.10. The Hall–Kier alpha value is -2.37. The molecule has 0 unspecified atom stereocenters. The second kappa shape index (κ2) is 8.05. The van der Waals surface area contributed by atoms with E-state index in [1.54, 1.807) is 29.6 Å². The molecule has 0 aliphatic rings. The van der Waals surface area contributed by atoms with Crippen LogP contribution < -0.4 is 5.32 Å². The van der Waals surface area contributed by atoms with E-state index in [2.05, 4.69) is 31.3 Å². The lowest BCUT2D eigenvalue weighted by Gasteiger charge is -2.10. The lowest BCUT2D eigenvalue weighted by Crippen LogP contribution is -2.16. The number of carbonyl (C=O) groups is 1. The Kier molecular flexibility index (Phi) is 5.60. The van der Waals surface area contributed by atoms with Gasteiger partial charge in [0.25, 0.3) is 5.91 Å². The van der Waals surface area contributed by atoms with Crippen molar-refractivity contribution in [1.29, 1.82) is 0 Å². The first-order valence-electron chi connectivity index (χ1n) is 8.44. The summed E-state index contributed by atoms with van der Waals surface area (Å²) in [5.41, 5.74) is -0.587. The zero-order valence-corrected chi connectivity index (χ0v) is 18.4. The minimum atomic E-state index is -4.68. The molecule has 0 aliphatic carbocycles. The molecule has 0 bridgehead atoms. The van der Waals surface area contributed by atoms with Gasteiger partial charge in [-0.25, -0.2) is 9.50 Å². The number of carbonyl (C=O) groups excluding carboxylic acids is 1. The van der Waals surface area contributed by atoms with E-state index in [1.165, 1.54) is 23.1 Å². The molecule has 11 heteroatoms. The van der Waals surface area contributed by atoms with Crippen molar-refractivity contribution in [3.05, 3.63) is 63.7 Å². The van der Waals surface area contributed by atoms with Gasteiger partial charge in [-0.2, -0.15) is 18.3 Å². The van der Waals surface area contributed by atoms with E-state index in [-0.39, 0.29) is 21.5 Å². The highest BCUT2D eigenvalue weighted by Crippen LogP contribution is 2.36. The van der Waals surface area contributed by atoms with Crippen LogP contribution in [-0.2, 0) is 6.18 Å². The molecule has 0 aliphatic heterocycles. The molecule has 1 amide bonds. The number of hydrogen-bond acceptors (Lipinski definition) is 5. The molecule has 1 aromatic carbocycles. The number of halogens is 4. The molecule has 0 atom stereocenters. The van der Waals surface area contributed by atoms with Gasteiger partial charge in [-0.1, -0.05) is 18.2 Å². The highest BCUT2D eigenvalue weighted by atomic mass is 79.9. The van der Waals surface area contributed by atoms with Crippen LogP contribution in [0.25, 0.3) is 16.2 Å². The number of hydrogen-bond donors (Lipinski definition) is 1. The van der Waals surface area contributed by atoms with Gasteiger partial charge < -0.3 is 5.32 Å². The van der Waals surface area contributed by atoms with E-state index in [9.17, 15) is 18.0 Å². The molecule has 0 radical (unpaired) electrons.